The first-order chi connectivity index (χ1) is 21.2. The first kappa shape index (κ1) is 27.8. The lowest BCUT2D eigenvalue weighted by molar-refractivity contribution is -0.122. The molecule has 0 unspecified atom stereocenters. The van der Waals surface area contributed by atoms with Crippen molar-refractivity contribution in [1.29, 1.82) is 0 Å². The number of sulfone groups is 1. The molecule has 12 heteroatoms. The van der Waals surface area contributed by atoms with Gasteiger partial charge in [-0.2, -0.15) is 5.10 Å². The Balaban J connectivity index is 1.23. The Kier molecular flexibility index (Phi) is 6.92. The molecule has 1 fully saturated rings. The number of halogens is 1. The minimum absolute atomic E-state index is 0.0249. The molecule has 10 nitrogen and oxygen atoms in total. The lowest BCUT2D eigenvalue weighted by atomic mass is 9.85. The van der Waals surface area contributed by atoms with E-state index in [4.69, 9.17) is 0 Å². The van der Waals surface area contributed by atoms with Crippen molar-refractivity contribution in [3.05, 3.63) is 78.8 Å². The fourth-order valence-electron chi connectivity index (χ4n) is 5.51. The summed E-state index contributed by atoms with van der Waals surface area (Å²) < 4.78 is 38.0. The maximum absolute atomic E-state index is 14.6. The van der Waals surface area contributed by atoms with Crippen LogP contribution in [0.5, 0.6) is 0 Å². The normalized spacial score (nSPS) is 13.8. The van der Waals surface area contributed by atoms with Gasteiger partial charge in [0.15, 0.2) is 5.65 Å². The van der Waals surface area contributed by atoms with Gasteiger partial charge in [0.2, 0.25) is 5.91 Å². The summed E-state index contributed by atoms with van der Waals surface area (Å²) in [6.07, 6.45) is 12.8. The average Bonchev–Trinajstić information content (AvgIpc) is 3.58. The van der Waals surface area contributed by atoms with Gasteiger partial charge in [-0.05, 0) is 60.7 Å². The number of pyridine rings is 3. The highest BCUT2D eigenvalue weighted by molar-refractivity contribution is 7.90. The zero-order valence-electron chi connectivity index (χ0n) is 23.8. The molecule has 222 valence electrons. The Morgan fingerprint density at radius 1 is 0.955 bits per heavy atom. The minimum Gasteiger partial charge on any atom is -0.352 e. The standard InChI is InChI=1S/C32H28FN7O3S/c1-44(42,43)6-5-18-7-20(9-23(33)8-18)27-16-35-17-29-25(27)12-28(38-29)30-26-11-22(14-36-31(26)40-39-30)21-10-24(15-34-13-21)37-32(41)19-3-2-4-19/h7-17,19,38H,2-6H2,1H3,(H,37,41)(H,36,39,40). The molecule has 1 saturated carbocycles. The van der Waals surface area contributed by atoms with Gasteiger partial charge in [-0.15, -0.1) is 0 Å². The van der Waals surface area contributed by atoms with Crippen LogP contribution in [-0.4, -0.2) is 56.5 Å². The largest absolute Gasteiger partial charge is 0.352 e. The number of aromatic amines is 2. The number of nitrogens with one attached hydrogen (secondary N) is 3. The molecule has 7 rings (SSSR count). The van der Waals surface area contributed by atoms with Gasteiger partial charge in [0.25, 0.3) is 0 Å². The van der Waals surface area contributed by atoms with E-state index in [0.29, 0.717) is 33.7 Å². The van der Waals surface area contributed by atoms with Gasteiger partial charge < -0.3 is 10.3 Å². The molecule has 1 aromatic carbocycles. The number of nitrogens with zero attached hydrogens (tertiary/aromatic N) is 4. The molecular formula is C32H28FN7O3S. The number of aryl methyl sites for hydroxylation is 1. The highest BCUT2D eigenvalue weighted by Gasteiger charge is 2.25. The fraction of sp³-hybridized carbons (Fsp3) is 0.219. The number of H-pyrrole nitrogens is 2. The molecule has 0 spiro atoms. The molecule has 44 heavy (non-hydrogen) atoms. The van der Waals surface area contributed by atoms with Gasteiger partial charge >= 0.3 is 0 Å². The third-order valence-electron chi connectivity index (χ3n) is 8.07. The van der Waals surface area contributed by atoms with E-state index in [1.54, 1.807) is 37.1 Å². The van der Waals surface area contributed by atoms with Crippen LogP contribution in [0.2, 0.25) is 0 Å². The van der Waals surface area contributed by atoms with Crippen molar-refractivity contribution >= 4 is 43.4 Å². The Hall–Kier alpha value is -4.97. The fourth-order valence-corrected chi connectivity index (χ4v) is 6.12. The number of rotatable bonds is 8. The first-order valence-electron chi connectivity index (χ1n) is 14.3. The minimum atomic E-state index is -3.19. The average molecular weight is 610 g/mol. The van der Waals surface area contributed by atoms with Gasteiger partial charge in [-0.3, -0.25) is 19.9 Å². The van der Waals surface area contributed by atoms with Crippen LogP contribution in [0.3, 0.4) is 0 Å². The Labute approximate surface area is 252 Å². The number of aromatic nitrogens is 6. The highest BCUT2D eigenvalue weighted by Crippen LogP contribution is 2.35. The number of hydrogen-bond donors (Lipinski definition) is 3. The van der Waals surface area contributed by atoms with Crippen LogP contribution in [0.4, 0.5) is 10.1 Å². The maximum Gasteiger partial charge on any atom is 0.227 e. The van der Waals surface area contributed by atoms with Crippen molar-refractivity contribution in [2.75, 3.05) is 17.3 Å². The third-order valence-corrected chi connectivity index (χ3v) is 9.02. The monoisotopic (exact) mass is 609 g/mol. The summed E-state index contributed by atoms with van der Waals surface area (Å²) in [4.78, 5) is 29.1. The molecule has 6 aromatic rings. The molecule has 0 radical (unpaired) electrons. The second-order valence-electron chi connectivity index (χ2n) is 11.3. The molecule has 0 aliphatic heterocycles. The van der Waals surface area contributed by atoms with E-state index in [-0.39, 0.29) is 24.0 Å². The first-order valence-corrected chi connectivity index (χ1v) is 16.3. The summed E-state index contributed by atoms with van der Waals surface area (Å²) in [5.41, 5.74) is 6.89. The van der Waals surface area contributed by atoms with E-state index in [1.165, 1.54) is 18.4 Å². The summed E-state index contributed by atoms with van der Waals surface area (Å²) in [5, 5.41) is 12.1. The van der Waals surface area contributed by atoms with Crippen molar-refractivity contribution in [3.63, 3.8) is 0 Å². The lowest BCUT2D eigenvalue weighted by Gasteiger charge is -2.24. The summed E-state index contributed by atoms with van der Waals surface area (Å²) in [6, 6.07) is 10.4. The molecule has 0 saturated heterocycles. The van der Waals surface area contributed by atoms with E-state index in [9.17, 15) is 17.6 Å². The predicted molar refractivity (Wildman–Crippen MR) is 167 cm³/mol. The Morgan fingerprint density at radius 3 is 2.57 bits per heavy atom. The van der Waals surface area contributed by atoms with E-state index in [0.717, 1.165) is 52.4 Å². The van der Waals surface area contributed by atoms with Gasteiger partial charge in [0.05, 0.1) is 40.7 Å². The van der Waals surface area contributed by atoms with Crippen molar-refractivity contribution in [2.24, 2.45) is 5.92 Å². The van der Waals surface area contributed by atoms with Crippen molar-refractivity contribution < 1.29 is 17.6 Å². The molecule has 3 N–H and O–H groups in total. The molecule has 5 heterocycles. The molecule has 0 atom stereocenters. The van der Waals surface area contributed by atoms with Crippen LogP contribution in [0.1, 0.15) is 24.8 Å². The van der Waals surface area contributed by atoms with Crippen LogP contribution in [0, 0.1) is 11.7 Å². The quantitative estimate of drug-likeness (QED) is 0.201. The number of carbonyl (C=O) groups excluding carboxylic acids is 1. The van der Waals surface area contributed by atoms with E-state index in [2.05, 4.69) is 35.5 Å². The maximum atomic E-state index is 14.6. The number of hydrogen-bond acceptors (Lipinski definition) is 7. The molecular weight excluding hydrogens is 581 g/mol. The molecule has 0 bridgehead atoms. The van der Waals surface area contributed by atoms with Gasteiger partial charge in [0, 0.05) is 58.2 Å². The summed E-state index contributed by atoms with van der Waals surface area (Å²) in [5.74, 6) is -0.416. The zero-order valence-corrected chi connectivity index (χ0v) is 24.6. The van der Waals surface area contributed by atoms with Gasteiger partial charge in [0.1, 0.15) is 15.7 Å². The van der Waals surface area contributed by atoms with Crippen LogP contribution in [0.25, 0.3) is 55.6 Å². The van der Waals surface area contributed by atoms with E-state index >= 15 is 0 Å². The Bertz CT molecular complexity index is 2170. The zero-order chi connectivity index (χ0) is 30.4. The van der Waals surface area contributed by atoms with Crippen LogP contribution in [0.15, 0.2) is 67.4 Å². The van der Waals surface area contributed by atoms with Crippen LogP contribution >= 0.6 is 0 Å². The summed E-state index contributed by atoms with van der Waals surface area (Å²) >= 11 is 0. The second kappa shape index (κ2) is 10.9. The lowest BCUT2D eigenvalue weighted by Crippen LogP contribution is -2.28. The third kappa shape index (κ3) is 5.55. The molecule has 1 aliphatic rings. The molecule has 5 aromatic heterocycles. The van der Waals surface area contributed by atoms with Crippen molar-refractivity contribution in [3.8, 4) is 33.6 Å². The Morgan fingerprint density at radius 2 is 1.77 bits per heavy atom. The number of fused-ring (bicyclic) bond motifs is 2. The van der Waals surface area contributed by atoms with Gasteiger partial charge in [-0.25, -0.2) is 17.8 Å². The van der Waals surface area contributed by atoms with E-state index in [1.807, 2.05) is 18.2 Å². The molecule has 1 amide bonds. The van der Waals surface area contributed by atoms with Crippen molar-refractivity contribution in [2.45, 2.75) is 25.7 Å². The number of amides is 1. The second-order valence-corrected chi connectivity index (χ2v) is 13.6. The number of anilines is 1. The summed E-state index contributed by atoms with van der Waals surface area (Å²) in [7, 11) is -3.19. The SMILES string of the molecule is CS(=O)(=O)CCc1cc(F)cc(-c2cncc3[nH]c(-c4[nH]nc5ncc(-c6cncc(NC(=O)C7CCC7)c6)cc45)cc23)c1. The van der Waals surface area contributed by atoms with Crippen molar-refractivity contribution in [1.82, 2.24) is 30.1 Å². The predicted octanol–water partition coefficient (Wildman–Crippen LogP) is 5.70. The van der Waals surface area contributed by atoms with Gasteiger partial charge in [-0.1, -0.05) is 12.5 Å². The van der Waals surface area contributed by atoms with E-state index < -0.39 is 15.7 Å². The highest BCUT2D eigenvalue weighted by atomic mass is 32.2. The number of benzene rings is 1. The number of carbonyl (C=O) groups is 1. The van der Waals surface area contributed by atoms with Crippen LogP contribution in [-0.2, 0) is 21.1 Å². The topological polar surface area (TPSA) is 146 Å². The molecule has 1 aliphatic carbocycles. The van der Waals surface area contributed by atoms with Crippen LogP contribution < -0.4 is 5.32 Å². The summed E-state index contributed by atoms with van der Waals surface area (Å²) in [6.45, 7) is 0. The smallest absolute Gasteiger partial charge is 0.227 e.